The summed E-state index contributed by atoms with van der Waals surface area (Å²) in [5, 5.41) is 0. The fourth-order valence-electron chi connectivity index (χ4n) is 2.19. The van der Waals surface area contributed by atoms with Crippen molar-refractivity contribution in [1.82, 2.24) is 0 Å². The van der Waals surface area contributed by atoms with Gasteiger partial charge in [0.05, 0.1) is 18.2 Å². The molecule has 0 aliphatic rings. The number of carbonyl (C=O) groups excluding carboxylic acids is 1. The highest BCUT2D eigenvalue weighted by molar-refractivity contribution is 9.10. The minimum atomic E-state index is -0.553. The van der Waals surface area contributed by atoms with Crippen LogP contribution in [0, 0.1) is 19.7 Å². The number of ether oxygens (including phenoxy) is 1. The quantitative estimate of drug-likeness (QED) is 0.643. The van der Waals surface area contributed by atoms with Crippen LogP contribution in [0.1, 0.15) is 27.0 Å². The first-order chi connectivity index (χ1) is 9.86. The molecule has 0 N–H and O–H groups in total. The Hall–Kier alpha value is -1.20. The Labute approximate surface area is 139 Å². The predicted molar refractivity (Wildman–Crippen MR) is 87.7 cm³/mol. The molecule has 0 atom stereocenters. The highest BCUT2D eigenvalue weighted by atomic mass is 79.9. The van der Waals surface area contributed by atoms with E-state index in [0.717, 1.165) is 15.6 Å². The molecule has 0 bridgehead atoms. The van der Waals surface area contributed by atoms with Crippen LogP contribution >= 0.6 is 31.9 Å². The Balaban J connectivity index is 2.71. The van der Waals surface area contributed by atoms with Gasteiger partial charge in [0.1, 0.15) is 11.6 Å². The van der Waals surface area contributed by atoms with E-state index < -0.39 is 11.6 Å². The number of benzene rings is 2. The molecule has 0 radical (unpaired) electrons. The van der Waals surface area contributed by atoms with Gasteiger partial charge < -0.3 is 4.74 Å². The Morgan fingerprint density at radius 2 is 1.86 bits per heavy atom. The Morgan fingerprint density at radius 1 is 1.19 bits per heavy atom. The molecule has 0 fully saturated rings. The highest BCUT2D eigenvalue weighted by Gasteiger charge is 2.23. The van der Waals surface area contributed by atoms with Gasteiger partial charge in [0.25, 0.3) is 0 Å². The first kappa shape index (κ1) is 16.2. The smallest absolute Gasteiger partial charge is 0.200 e. The maximum atomic E-state index is 14.0. The monoisotopic (exact) mass is 414 g/mol. The lowest BCUT2D eigenvalue weighted by Gasteiger charge is -2.15. The van der Waals surface area contributed by atoms with E-state index in [1.807, 2.05) is 13.0 Å². The van der Waals surface area contributed by atoms with E-state index in [4.69, 9.17) is 4.74 Å². The van der Waals surface area contributed by atoms with Crippen molar-refractivity contribution in [3.05, 3.63) is 61.3 Å². The van der Waals surface area contributed by atoms with E-state index in [2.05, 4.69) is 31.9 Å². The third-order valence-corrected chi connectivity index (χ3v) is 4.58. The van der Waals surface area contributed by atoms with Crippen molar-refractivity contribution in [2.45, 2.75) is 13.8 Å². The topological polar surface area (TPSA) is 26.3 Å². The summed E-state index contributed by atoms with van der Waals surface area (Å²) in [6.07, 6.45) is 0. The van der Waals surface area contributed by atoms with Crippen molar-refractivity contribution in [2.24, 2.45) is 0 Å². The van der Waals surface area contributed by atoms with Gasteiger partial charge in [0.15, 0.2) is 5.78 Å². The summed E-state index contributed by atoms with van der Waals surface area (Å²) >= 11 is 6.68. The molecule has 0 amide bonds. The number of hydrogen-bond donors (Lipinski definition) is 0. The van der Waals surface area contributed by atoms with Crippen molar-refractivity contribution in [3.8, 4) is 5.75 Å². The summed E-state index contributed by atoms with van der Waals surface area (Å²) in [7, 11) is 1.50. The molecule has 21 heavy (non-hydrogen) atoms. The van der Waals surface area contributed by atoms with Gasteiger partial charge in [-0.1, -0.05) is 31.9 Å². The van der Waals surface area contributed by atoms with Gasteiger partial charge >= 0.3 is 0 Å². The van der Waals surface area contributed by atoms with Crippen molar-refractivity contribution in [3.63, 3.8) is 0 Å². The summed E-state index contributed by atoms with van der Waals surface area (Å²) in [5.74, 6) is -0.477. The standard InChI is InChI=1S/C16H13Br2FO2/c1-8-6-12(18)9(2)14(16(8)21-3)15(20)11-7-10(17)4-5-13(11)19/h4-7H,1-3H3. The molecule has 0 aliphatic heterocycles. The van der Waals surface area contributed by atoms with Crippen LogP contribution < -0.4 is 4.74 Å². The lowest BCUT2D eigenvalue weighted by atomic mass is 9.95. The van der Waals surface area contributed by atoms with Gasteiger partial charge in [-0.25, -0.2) is 4.39 Å². The molecule has 2 aromatic rings. The van der Waals surface area contributed by atoms with Crippen molar-refractivity contribution in [1.29, 1.82) is 0 Å². The van der Waals surface area contributed by atoms with Crippen molar-refractivity contribution < 1.29 is 13.9 Å². The number of hydrogen-bond acceptors (Lipinski definition) is 2. The molecule has 2 rings (SSSR count). The first-order valence-electron chi connectivity index (χ1n) is 6.20. The van der Waals surface area contributed by atoms with Crippen LogP contribution in [0.4, 0.5) is 4.39 Å². The number of halogens is 3. The third-order valence-electron chi connectivity index (χ3n) is 3.27. The van der Waals surface area contributed by atoms with Gasteiger partial charge in [-0.2, -0.15) is 0 Å². The van der Waals surface area contributed by atoms with E-state index in [0.29, 0.717) is 15.8 Å². The predicted octanol–water partition coefficient (Wildman–Crippen LogP) is 5.21. The molecule has 0 aliphatic carbocycles. The van der Waals surface area contributed by atoms with Gasteiger partial charge in [0.2, 0.25) is 0 Å². The molecule has 0 unspecified atom stereocenters. The van der Waals surface area contributed by atoms with Crippen molar-refractivity contribution >= 4 is 37.6 Å². The van der Waals surface area contributed by atoms with E-state index in [1.54, 1.807) is 13.0 Å². The van der Waals surface area contributed by atoms with Crippen LogP contribution in [-0.2, 0) is 0 Å². The average Bonchev–Trinajstić information content (AvgIpc) is 2.44. The summed E-state index contributed by atoms with van der Waals surface area (Å²) < 4.78 is 20.8. The van der Waals surface area contributed by atoms with Gasteiger partial charge in [-0.15, -0.1) is 0 Å². The molecule has 110 valence electrons. The number of ketones is 1. The molecular formula is C16H13Br2FO2. The van der Waals surface area contributed by atoms with E-state index in [1.165, 1.54) is 19.2 Å². The van der Waals surface area contributed by atoms with Crippen LogP contribution in [0.25, 0.3) is 0 Å². The molecule has 0 spiro atoms. The van der Waals surface area contributed by atoms with Crippen LogP contribution in [0.15, 0.2) is 33.2 Å². The Kier molecular flexibility index (Phi) is 4.84. The second-order valence-electron chi connectivity index (χ2n) is 4.66. The van der Waals surface area contributed by atoms with Gasteiger partial charge in [-0.05, 0) is 49.2 Å². The SMILES string of the molecule is COc1c(C)cc(Br)c(C)c1C(=O)c1cc(Br)ccc1F. The maximum absolute atomic E-state index is 14.0. The molecule has 0 heterocycles. The number of rotatable bonds is 3. The Morgan fingerprint density at radius 3 is 2.48 bits per heavy atom. The van der Waals surface area contributed by atoms with E-state index >= 15 is 0 Å². The fraction of sp³-hybridized carbons (Fsp3) is 0.188. The third kappa shape index (κ3) is 3.04. The molecule has 2 aromatic carbocycles. The fourth-order valence-corrected chi connectivity index (χ4v) is 3.10. The van der Waals surface area contributed by atoms with Gasteiger partial charge in [-0.3, -0.25) is 4.79 Å². The largest absolute Gasteiger partial charge is 0.496 e. The zero-order valence-corrected chi connectivity index (χ0v) is 14.9. The van der Waals surface area contributed by atoms with E-state index in [-0.39, 0.29) is 5.56 Å². The Bertz CT molecular complexity index is 727. The van der Waals surface area contributed by atoms with Crippen molar-refractivity contribution in [2.75, 3.05) is 7.11 Å². The summed E-state index contributed by atoms with van der Waals surface area (Å²) in [4.78, 5) is 12.8. The zero-order valence-electron chi connectivity index (χ0n) is 11.8. The van der Waals surface area contributed by atoms with Crippen LogP contribution in [-0.4, -0.2) is 12.9 Å². The number of aryl methyl sites for hydroxylation is 1. The van der Waals surface area contributed by atoms with Gasteiger partial charge in [0, 0.05) is 8.95 Å². The molecular weight excluding hydrogens is 403 g/mol. The van der Waals surface area contributed by atoms with Crippen LogP contribution in [0.3, 0.4) is 0 Å². The first-order valence-corrected chi connectivity index (χ1v) is 7.78. The lowest BCUT2D eigenvalue weighted by Crippen LogP contribution is -2.10. The minimum Gasteiger partial charge on any atom is -0.496 e. The summed E-state index contributed by atoms with van der Waals surface area (Å²) in [6.45, 7) is 3.65. The second kappa shape index (κ2) is 6.28. The van der Waals surface area contributed by atoms with Crippen LogP contribution in [0.2, 0.25) is 0 Å². The molecule has 0 saturated heterocycles. The van der Waals surface area contributed by atoms with Crippen LogP contribution in [0.5, 0.6) is 5.75 Å². The number of methoxy groups -OCH3 is 1. The van der Waals surface area contributed by atoms with E-state index in [9.17, 15) is 9.18 Å². The highest BCUT2D eigenvalue weighted by Crippen LogP contribution is 2.34. The molecule has 5 heteroatoms. The lowest BCUT2D eigenvalue weighted by molar-refractivity contribution is 0.103. The minimum absolute atomic E-state index is 0.0169. The second-order valence-corrected chi connectivity index (χ2v) is 6.43. The average molecular weight is 416 g/mol. The zero-order chi connectivity index (χ0) is 15.7. The molecule has 2 nitrogen and oxygen atoms in total. The maximum Gasteiger partial charge on any atom is 0.200 e. The molecule has 0 aromatic heterocycles. The molecule has 0 saturated carbocycles. The number of carbonyl (C=O) groups is 1. The summed E-state index contributed by atoms with van der Waals surface area (Å²) in [6, 6.07) is 6.18. The summed E-state index contributed by atoms with van der Waals surface area (Å²) in [5.41, 5.74) is 1.93. The normalized spacial score (nSPS) is 10.6.